The highest BCUT2D eigenvalue weighted by atomic mass is 35.5. The Morgan fingerprint density at radius 2 is 1.67 bits per heavy atom. The van der Waals surface area contributed by atoms with Crippen LogP contribution < -0.4 is 9.62 Å². The van der Waals surface area contributed by atoms with Crippen molar-refractivity contribution in [3.8, 4) is 0 Å². The van der Waals surface area contributed by atoms with Gasteiger partial charge in [0.2, 0.25) is 5.91 Å². The Labute approximate surface area is 209 Å². The van der Waals surface area contributed by atoms with Crippen molar-refractivity contribution in [2.45, 2.75) is 23.1 Å². The van der Waals surface area contributed by atoms with Crippen molar-refractivity contribution in [2.75, 3.05) is 23.1 Å². The van der Waals surface area contributed by atoms with Gasteiger partial charge in [0.15, 0.2) is 0 Å². The molecule has 33 heavy (non-hydrogen) atoms. The molecule has 174 valence electrons. The molecule has 0 bridgehead atoms. The van der Waals surface area contributed by atoms with Gasteiger partial charge in [0, 0.05) is 21.5 Å². The van der Waals surface area contributed by atoms with E-state index >= 15 is 0 Å². The van der Waals surface area contributed by atoms with Crippen molar-refractivity contribution in [3.05, 3.63) is 88.4 Å². The second kappa shape index (κ2) is 11.8. The number of hydrogen-bond acceptors (Lipinski definition) is 4. The normalized spacial score (nSPS) is 11.2. The topological polar surface area (TPSA) is 66.5 Å². The van der Waals surface area contributed by atoms with Crippen molar-refractivity contribution in [2.24, 2.45) is 0 Å². The molecule has 0 heterocycles. The first-order valence-corrected chi connectivity index (χ1v) is 13.4. The molecule has 0 atom stereocenters. The fourth-order valence-corrected chi connectivity index (χ4v) is 5.57. The Morgan fingerprint density at radius 3 is 2.33 bits per heavy atom. The molecule has 0 saturated heterocycles. The zero-order chi connectivity index (χ0) is 23.8. The number of anilines is 1. The molecule has 0 spiro atoms. The number of sulfonamides is 1. The molecule has 0 aliphatic rings. The highest BCUT2D eigenvalue weighted by Crippen LogP contribution is 2.26. The second-order valence-electron chi connectivity index (χ2n) is 7.31. The van der Waals surface area contributed by atoms with Gasteiger partial charge in [0.1, 0.15) is 6.54 Å². The Hall–Kier alpha value is -2.19. The van der Waals surface area contributed by atoms with Crippen LogP contribution in [0.15, 0.2) is 82.6 Å². The molecule has 0 radical (unpaired) electrons. The van der Waals surface area contributed by atoms with Gasteiger partial charge in [-0.2, -0.15) is 0 Å². The fraction of sp³-hybridized carbons (Fsp3) is 0.208. The van der Waals surface area contributed by atoms with E-state index in [0.29, 0.717) is 22.3 Å². The largest absolute Gasteiger partial charge is 0.354 e. The van der Waals surface area contributed by atoms with Crippen LogP contribution in [0.4, 0.5) is 5.69 Å². The van der Waals surface area contributed by atoms with E-state index in [2.05, 4.69) is 29.6 Å². The molecule has 0 aliphatic heterocycles. The number of aryl methyl sites for hydroxylation is 1. The lowest BCUT2D eigenvalue weighted by Gasteiger charge is -2.24. The van der Waals surface area contributed by atoms with Crippen LogP contribution >= 0.6 is 35.0 Å². The van der Waals surface area contributed by atoms with E-state index in [4.69, 9.17) is 23.2 Å². The van der Waals surface area contributed by atoms with Crippen LogP contribution in [0.3, 0.4) is 0 Å². The van der Waals surface area contributed by atoms with Gasteiger partial charge in [-0.15, -0.1) is 11.8 Å². The van der Waals surface area contributed by atoms with Gasteiger partial charge in [-0.3, -0.25) is 9.10 Å². The minimum absolute atomic E-state index is 0.0363. The smallest absolute Gasteiger partial charge is 0.264 e. The van der Waals surface area contributed by atoms with Crippen LogP contribution in [0.2, 0.25) is 10.0 Å². The average molecular weight is 524 g/mol. The number of carbonyl (C=O) groups is 1. The summed E-state index contributed by atoms with van der Waals surface area (Å²) in [6.45, 7) is 2.13. The van der Waals surface area contributed by atoms with E-state index in [-0.39, 0.29) is 11.4 Å². The number of nitrogens with zero attached hydrogens (tertiary/aromatic N) is 1. The molecule has 1 N–H and O–H groups in total. The van der Waals surface area contributed by atoms with E-state index in [1.54, 1.807) is 30.0 Å². The molecule has 0 aliphatic carbocycles. The molecule has 0 unspecified atom stereocenters. The average Bonchev–Trinajstić information content (AvgIpc) is 2.78. The van der Waals surface area contributed by atoms with E-state index in [1.165, 1.54) is 40.8 Å². The van der Waals surface area contributed by atoms with Gasteiger partial charge >= 0.3 is 0 Å². The standard InChI is InChI=1S/C24H24Cl2N2O3S2/c1-18-6-10-22(11-7-18)32-15-3-14-27-24(29)17-28(21-5-2-4-20(26)16-21)33(30,31)23-12-8-19(25)9-13-23/h2,4-13,16H,3,14-15,17H2,1H3,(H,27,29). The minimum atomic E-state index is -4.01. The van der Waals surface area contributed by atoms with Gasteiger partial charge < -0.3 is 5.32 Å². The molecule has 0 aromatic heterocycles. The summed E-state index contributed by atoms with van der Waals surface area (Å²) in [5, 5.41) is 3.61. The van der Waals surface area contributed by atoms with E-state index in [0.717, 1.165) is 16.5 Å². The number of thioether (sulfide) groups is 1. The summed E-state index contributed by atoms with van der Waals surface area (Å²) < 4.78 is 27.7. The molecule has 0 saturated carbocycles. The first kappa shape index (κ1) is 25.4. The van der Waals surface area contributed by atoms with Crippen LogP contribution in [-0.4, -0.2) is 33.2 Å². The number of halogens is 2. The number of hydrogen-bond donors (Lipinski definition) is 1. The van der Waals surface area contributed by atoms with Gasteiger partial charge in [-0.05, 0) is 73.7 Å². The zero-order valence-corrected chi connectivity index (χ0v) is 21.1. The molecule has 1 amide bonds. The first-order chi connectivity index (χ1) is 15.8. The van der Waals surface area contributed by atoms with Crippen LogP contribution in [0.25, 0.3) is 0 Å². The quantitative estimate of drug-likeness (QED) is 0.270. The lowest BCUT2D eigenvalue weighted by atomic mass is 10.2. The lowest BCUT2D eigenvalue weighted by Crippen LogP contribution is -2.41. The van der Waals surface area contributed by atoms with Crippen molar-refractivity contribution < 1.29 is 13.2 Å². The molecule has 5 nitrogen and oxygen atoms in total. The van der Waals surface area contributed by atoms with Crippen LogP contribution in [0.1, 0.15) is 12.0 Å². The molecular weight excluding hydrogens is 499 g/mol. The maximum absolute atomic E-state index is 13.3. The zero-order valence-electron chi connectivity index (χ0n) is 18.0. The number of benzene rings is 3. The molecule has 0 fully saturated rings. The van der Waals surface area contributed by atoms with Gasteiger partial charge in [0.05, 0.1) is 10.6 Å². The van der Waals surface area contributed by atoms with Crippen molar-refractivity contribution in [3.63, 3.8) is 0 Å². The number of rotatable bonds is 10. The number of nitrogens with one attached hydrogen (secondary N) is 1. The Balaban J connectivity index is 1.64. The predicted octanol–water partition coefficient (Wildman–Crippen LogP) is 5.80. The van der Waals surface area contributed by atoms with Gasteiger partial charge in [-0.25, -0.2) is 8.42 Å². The second-order valence-corrected chi connectivity index (χ2v) is 11.2. The Kier molecular flexibility index (Phi) is 9.09. The SMILES string of the molecule is Cc1ccc(SCCCNC(=O)CN(c2cccc(Cl)c2)S(=O)(=O)c2ccc(Cl)cc2)cc1. The molecule has 3 rings (SSSR count). The first-order valence-electron chi connectivity index (χ1n) is 10.3. The van der Waals surface area contributed by atoms with E-state index in [9.17, 15) is 13.2 Å². The Bertz CT molecular complexity index is 1190. The third-order valence-electron chi connectivity index (χ3n) is 4.72. The number of carbonyl (C=O) groups excluding carboxylic acids is 1. The van der Waals surface area contributed by atoms with Gasteiger partial charge in [0.25, 0.3) is 10.0 Å². The van der Waals surface area contributed by atoms with Crippen LogP contribution in [0, 0.1) is 6.92 Å². The highest BCUT2D eigenvalue weighted by Gasteiger charge is 2.27. The summed E-state index contributed by atoms with van der Waals surface area (Å²) in [7, 11) is -4.01. The van der Waals surface area contributed by atoms with E-state index in [1.807, 2.05) is 6.92 Å². The predicted molar refractivity (Wildman–Crippen MR) is 137 cm³/mol. The molecule has 3 aromatic rings. The van der Waals surface area contributed by atoms with Gasteiger partial charge in [-0.1, -0.05) is 47.0 Å². The van der Waals surface area contributed by atoms with Crippen molar-refractivity contribution >= 4 is 56.6 Å². The molecule has 3 aromatic carbocycles. The molecular formula is C24H24Cl2N2O3S2. The van der Waals surface area contributed by atoms with Crippen molar-refractivity contribution in [1.29, 1.82) is 0 Å². The minimum Gasteiger partial charge on any atom is -0.354 e. The summed E-state index contributed by atoms with van der Waals surface area (Å²) in [5.41, 5.74) is 1.52. The fourth-order valence-electron chi connectivity index (χ4n) is 2.99. The summed E-state index contributed by atoms with van der Waals surface area (Å²) in [6.07, 6.45) is 0.755. The lowest BCUT2D eigenvalue weighted by molar-refractivity contribution is -0.119. The van der Waals surface area contributed by atoms with Crippen LogP contribution in [0.5, 0.6) is 0 Å². The van der Waals surface area contributed by atoms with E-state index < -0.39 is 15.9 Å². The third-order valence-corrected chi connectivity index (χ3v) is 8.09. The number of amides is 1. The van der Waals surface area contributed by atoms with Crippen LogP contribution in [-0.2, 0) is 14.8 Å². The summed E-state index contributed by atoms with van der Waals surface area (Å²) in [6, 6.07) is 20.5. The maximum atomic E-state index is 13.3. The third kappa shape index (κ3) is 7.40. The summed E-state index contributed by atoms with van der Waals surface area (Å²) in [5.74, 6) is 0.442. The maximum Gasteiger partial charge on any atom is 0.264 e. The monoisotopic (exact) mass is 522 g/mol. The molecule has 9 heteroatoms. The highest BCUT2D eigenvalue weighted by molar-refractivity contribution is 7.99. The summed E-state index contributed by atoms with van der Waals surface area (Å²) >= 11 is 13.7. The van der Waals surface area contributed by atoms with Crippen molar-refractivity contribution in [1.82, 2.24) is 5.32 Å². The summed E-state index contributed by atoms with van der Waals surface area (Å²) in [4.78, 5) is 13.8. The Morgan fingerprint density at radius 1 is 0.970 bits per heavy atom.